The fourth-order valence-electron chi connectivity index (χ4n) is 2.35. The minimum Gasteiger partial charge on any atom is -0.347 e. The molecular weight excluding hydrogens is 324 g/mol. The molecule has 0 aliphatic carbocycles. The van der Waals surface area contributed by atoms with E-state index in [4.69, 9.17) is 0 Å². The minimum absolute atomic E-state index is 0.0472. The summed E-state index contributed by atoms with van der Waals surface area (Å²) < 4.78 is 2.19. The molecule has 1 unspecified atom stereocenters. The predicted octanol–water partition coefficient (Wildman–Crippen LogP) is 3.15. The second-order valence-corrected chi connectivity index (χ2v) is 6.81. The number of hydrogen-bond donors (Lipinski definition) is 2. The lowest BCUT2D eigenvalue weighted by molar-refractivity contribution is 0.0935. The van der Waals surface area contributed by atoms with Gasteiger partial charge in [0, 0.05) is 21.8 Å². The van der Waals surface area contributed by atoms with Gasteiger partial charge in [-0.3, -0.25) is 4.79 Å². The van der Waals surface area contributed by atoms with E-state index in [1.165, 1.54) is 0 Å². The summed E-state index contributed by atoms with van der Waals surface area (Å²) in [6.45, 7) is 1.94. The molecule has 19 heavy (non-hydrogen) atoms. The van der Waals surface area contributed by atoms with E-state index in [0.717, 1.165) is 45.4 Å². The van der Waals surface area contributed by atoms with Gasteiger partial charge in [0.1, 0.15) is 0 Å². The first-order valence-corrected chi connectivity index (χ1v) is 8.04. The highest BCUT2D eigenvalue weighted by molar-refractivity contribution is 9.10. The molecule has 1 aromatic heterocycles. The van der Waals surface area contributed by atoms with Crippen LogP contribution >= 0.6 is 27.3 Å². The van der Waals surface area contributed by atoms with Crippen LogP contribution in [0.25, 0.3) is 10.1 Å². The monoisotopic (exact) mass is 338 g/mol. The lowest BCUT2D eigenvalue weighted by Crippen LogP contribution is -2.45. The number of hydrogen-bond acceptors (Lipinski definition) is 3. The largest absolute Gasteiger partial charge is 0.347 e. The molecule has 1 aliphatic heterocycles. The van der Waals surface area contributed by atoms with Gasteiger partial charge in [0.05, 0.1) is 4.88 Å². The van der Waals surface area contributed by atoms with Crippen molar-refractivity contribution in [3.8, 4) is 0 Å². The van der Waals surface area contributed by atoms with Crippen LogP contribution < -0.4 is 10.6 Å². The van der Waals surface area contributed by atoms with Crippen LogP contribution in [0.5, 0.6) is 0 Å². The molecule has 1 amide bonds. The summed E-state index contributed by atoms with van der Waals surface area (Å²) in [6, 6.07) is 8.33. The van der Waals surface area contributed by atoms with Crippen LogP contribution in [-0.2, 0) is 0 Å². The Kier molecular flexibility index (Phi) is 3.86. The molecule has 0 saturated carbocycles. The van der Waals surface area contributed by atoms with Gasteiger partial charge in [-0.25, -0.2) is 0 Å². The Labute approximate surface area is 124 Å². The summed E-state index contributed by atoms with van der Waals surface area (Å²) in [7, 11) is 0. The third-order valence-corrected chi connectivity index (χ3v) is 4.93. The van der Waals surface area contributed by atoms with Gasteiger partial charge >= 0.3 is 0 Å². The Morgan fingerprint density at radius 1 is 1.42 bits per heavy atom. The molecule has 1 aliphatic rings. The van der Waals surface area contributed by atoms with E-state index in [9.17, 15) is 4.79 Å². The Hall–Kier alpha value is -0.910. The van der Waals surface area contributed by atoms with Gasteiger partial charge in [-0.1, -0.05) is 22.0 Å². The van der Waals surface area contributed by atoms with Crippen molar-refractivity contribution < 1.29 is 4.79 Å². The number of fused-ring (bicyclic) bond motifs is 1. The summed E-state index contributed by atoms with van der Waals surface area (Å²) in [5.74, 6) is 0.0472. The molecule has 3 rings (SSSR count). The quantitative estimate of drug-likeness (QED) is 0.883. The lowest BCUT2D eigenvalue weighted by Gasteiger charge is -2.23. The van der Waals surface area contributed by atoms with Crippen molar-refractivity contribution in [2.45, 2.75) is 18.9 Å². The Bertz CT molecular complexity index is 605. The van der Waals surface area contributed by atoms with Gasteiger partial charge in [0.15, 0.2) is 0 Å². The van der Waals surface area contributed by atoms with Gasteiger partial charge in [0.25, 0.3) is 5.91 Å². The Morgan fingerprint density at radius 3 is 3.11 bits per heavy atom. The zero-order valence-electron chi connectivity index (χ0n) is 10.4. The molecule has 0 spiro atoms. The van der Waals surface area contributed by atoms with E-state index in [1.807, 2.05) is 18.2 Å². The normalized spacial score (nSPS) is 19.5. The average molecular weight is 339 g/mol. The number of amides is 1. The molecule has 3 nitrogen and oxygen atoms in total. The van der Waals surface area contributed by atoms with Crippen LogP contribution in [0.3, 0.4) is 0 Å². The van der Waals surface area contributed by atoms with Crippen molar-refractivity contribution in [3.63, 3.8) is 0 Å². The highest BCUT2D eigenvalue weighted by Gasteiger charge is 2.17. The number of carbonyl (C=O) groups is 1. The van der Waals surface area contributed by atoms with Crippen molar-refractivity contribution in [3.05, 3.63) is 33.6 Å². The molecule has 1 aromatic carbocycles. The van der Waals surface area contributed by atoms with E-state index in [0.29, 0.717) is 0 Å². The number of carbonyl (C=O) groups excluding carboxylic acids is 1. The maximum atomic E-state index is 12.2. The summed E-state index contributed by atoms with van der Waals surface area (Å²) >= 11 is 5.00. The van der Waals surface area contributed by atoms with Crippen molar-refractivity contribution >= 4 is 43.3 Å². The first kappa shape index (κ1) is 13.1. The second-order valence-electron chi connectivity index (χ2n) is 4.81. The predicted molar refractivity (Wildman–Crippen MR) is 82.9 cm³/mol. The molecule has 1 saturated heterocycles. The molecular formula is C14H15BrN2OS. The van der Waals surface area contributed by atoms with E-state index >= 15 is 0 Å². The summed E-state index contributed by atoms with van der Waals surface area (Å²) in [5.41, 5.74) is 0. The van der Waals surface area contributed by atoms with E-state index < -0.39 is 0 Å². The number of halogens is 1. The summed E-state index contributed by atoms with van der Waals surface area (Å²) in [5, 5.41) is 7.54. The van der Waals surface area contributed by atoms with Crippen LogP contribution in [0.4, 0.5) is 0 Å². The van der Waals surface area contributed by atoms with Crippen LogP contribution in [0.15, 0.2) is 28.7 Å². The van der Waals surface area contributed by atoms with Crippen molar-refractivity contribution in [1.82, 2.24) is 10.6 Å². The van der Waals surface area contributed by atoms with Crippen LogP contribution in [-0.4, -0.2) is 25.0 Å². The van der Waals surface area contributed by atoms with Crippen molar-refractivity contribution in [1.29, 1.82) is 0 Å². The number of nitrogens with one attached hydrogen (secondary N) is 2. The average Bonchev–Trinajstić information content (AvgIpc) is 2.83. The second kappa shape index (κ2) is 5.61. The Morgan fingerprint density at radius 2 is 2.32 bits per heavy atom. The third-order valence-electron chi connectivity index (χ3n) is 3.34. The molecule has 0 bridgehead atoms. The van der Waals surface area contributed by atoms with Crippen molar-refractivity contribution in [2.24, 2.45) is 0 Å². The third kappa shape index (κ3) is 2.99. The number of rotatable bonds is 2. The fraction of sp³-hybridized carbons (Fsp3) is 0.357. The fourth-order valence-corrected chi connectivity index (χ4v) is 3.87. The highest BCUT2D eigenvalue weighted by Crippen LogP contribution is 2.28. The number of benzene rings is 1. The molecule has 5 heteroatoms. The van der Waals surface area contributed by atoms with Crippen LogP contribution in [0, 0.1) is 0 Å². The number of thiophene rings is 1. The van der Waals surface area contributed by atoms with Gasteiger partial charge in [0.2, 0.25) is 0 Å². The Balaban J connectivity index is 1.77. The van der Waals surface area contributed by atoms with Crippen LogP contribution in [0.1, 0.15) is 22.5 Å². The topological polar surface area (TPSA) is 41.1 Å². The molecule has 2 heterocycles. The molecule has 2 aromatic rings. The standard InChI is InChI=1S/C14H15BrN2OS/c15-10-4-3-9-6-13(19-12(9)7-10)14(18)17-11-2-1-5-16-8-11/h3-4,6-7,11,16H,1-2,5,8H2,(H,17,18). The minimum atomic E-state index is 0.0472. The van der Waals surface area contributed by atoms with E-state index in [1.54, 1.807) is 11.3 Å². The van der Waals surface area contributed by atoms with Gasteiger partial charge in [-0.15, -0.1) is 11.3 Å². The SMILES string of the molecule is O=C(NC1CCCNC1)c1cc2ccc(Br)cc2s1. The molecule has 0 radical (unpaired) electrons. The summed E-state index contributed by atoms with van der Waals surface area (Å²) in [4.78, 5) is 13.0. The molecule has 2 N–H and O–H groups in total. The van der Waals surface area contributed by atoms with E-state index in [-0.39, 0.29) is 11.9 Å². The molecule has 100 valence electrons. The van der Waals surface area contributed by atoms with Gasteiger partial charge in [-0.05, 0) is 43.0 Å². The zero-order chi connectivity index (χ0) is 13.2. The maximum absolute atomic E-state index is 12.2. The van der Waals surface area contributed by atoms with Crippen LogP contribution in [0.2, 0.25) is 0 Å². The smallest absolute Gasteiger partial charge is 0.261 e. The van der Waals surface area contributed by atoms with E-state index in [2.05, 4.69) is 32.6 Å². The molecule has 1 fully saturated rings. The maximum Gasteiger partial charge on any atom is 0.261 e. The first-order valence-electron chi connectivity index (χ1n) is 6.43. The zero-order valence-corrected chi connectivity index (χ0v) is 12.8. The lowest BCUT2D eigenvalue weighted by atomic mass is 10.1. The molecule has 1 atom stereocenters. The highest BCUT2D eigenvalue weighted by atomic mass is 79.9. The van der Waals surface area contributed by atoms with Gasteiger partial charge in [-0.2, -0.15) is 0 Å². The summed E-state index contributed by atoms with van der Waals surface area (Å²) in [6.07, 6.45) is 2.19. The number of piperidine rings is 1. The first-order chi connectivity index (χ1) is 9.22. The van der Waals surface area contributed by atoms with Crippen molar-refractivity contribution in [2.75, 3.05) is 13.1 Å². The van der Waals surface area contributed by atoms with Gasteiger partial charge < -0.3 is 10.6 Å².